The Morgan fingerprint density at radius 3 is 2.38 bits per heavy atom. The molecule has 4 rings (SSSR count). The number of nitrogens with zero attached hydrogens (tertiary/aromatic N) is 2. The minimum Gasteiger partial charge on any atom is -0.378 e. The molecule has 2 aliphatic heterocycles. The molecule has 2 aromatic carbocycles. The van der Waals surface area contributed by atoms with Crippen molar-refractivity contribution < 1.29 is 0 Å². The zero-order chi connectivity index (χ0) is 16.5. The maximum Gasteiger partial charge on any atom is 0.0361 e. The maximum atomic E-state index is 2.70. The van der Waals surface area contributed by atoms with Gasteiger partial charge in [0.1, 0.15) is 0 Å². The van der Waals surface area contributed by atoms with Gasteiger partial charge in [-0.1, -0.05) is 48.5 Å². The van der Waals surface area contributed by atoms with E-state index in [1.54, 1.807) is 0 Å². The number of rotatable bonds is 4. The standard InChI is InChI=1S/C22H26N2/c1-23(2)20-10-8-18(9-11-20)19-14-21-12-13-22(15-19)24(21)16-17-6-4-3-5-7-17/h3-11,14,21-22H,12-13,15-16H2,1-2H3. The second-order valence-electron chi connectivity index (χ2n) is 7.29. The minimum absolute atomic E-state index is 0.604. The number of fused-ring (bicyclic) bond motifs is 2. The van der Waals surface area contributed by atoms with Crippen molar-refractivity contribution in [3.05, 3.63) is 71.8 Å². The Bertz CT molecular complexity index is 715. The van der Waals surface area contributed by atoms with Crippen molar-refractivity contribution in [3.63, 3.8) is 0 Å². The molecular formula is C22H26N2. The van der Waals surface area contributed by atoms with E-state index >= 15 is 0 Å². The summed E-state index contributed by atoms with van der Waals surface area (Å²) in [5.74, 6) is 0. The molecule has 2 bridgehead atoms. The number of benzene rings is 2. The lowest BCUT2D eigenvalue weighted by molar-refractivity contribution is 0.203. The molecule has 1 fully saturated rings. The lowest BCUT2D eigenvalue weighted by atomic mass is 9.94. The molecule has 2 heterocycles. The Morgan fingerprint density at radius 2 is 1.71 bits per heavy atom. The van der Waals surface area contributed by atoms with Crippen LogP contribution >= 0.6 is 0 Å². The lowest BCUT2D eigenvalue weighted by Gasteiger charge is -2.34. The van der Waals surface area contributed by atoms with Gasteiger partial charge in [-0.2, -0.15) is 0 Å². The quantitative estimate of drug-likeness (QED) is 0.814. The lowest BCUT2D eigenvalue weighted by Crippen LogP contribution is -2.37. The molecule has 0 spiro atoms. The summed E-state index contributed by atoms with van der Waals surface area (Å²) in [5, 5.41) is 0. The van der Waals surface area contributed by atoms with E-state index < -0.39 is 0 Å². The van der Waals surface area contributed by atoms with Crippen LogP contribution in [0.4, 0.5) is 5.69 Å². The molecule has 0 saturated carbocycles. The highest BCUT2D eigenvalue weighted by Crippen LogP contribution is 2.39. The van der Waals surface area contributed by atoms with Gasteiger partial charge in [-0.05, 0) is 48.1 Å². The molecule has 2 atom stereocenters. The molecule has 0 N–H and O–H groups in total. The predicted molar refractivity (Wildman–Crippen MR) is 102 cm³/mol. The van der Waals surface area contributed by atoms with Gasteiger partial charge in [0.2, 0.25) is 0 Å². The molecule has 0 radical (unpaired) electrons. The van der Waals surface area contributed by atoms with Gasteiger partial charge in [0.25, 0.3) is 0 Å². The molecule has 2 aliphatic rings. The number of hydrogen-bond donors (Lipinski definition) is 0. The Labute approximate surface area is 145 Å². The van der Waals surface area contributed by atoms with Crippen LogP contribution in [0.5, 0.6) is 0 Å². The first kappa shape index (κ1) is 15.5. The summed E-state index contributed by atoms with van der Waals surface area (Å²) in [6.45, 7) is 1.08. The summed E-state index contributed by atoms with van der Waals surface area (Å²) in [7, 11) is 4.19. The summed E-state index contributed by atoms with van der Waals surface area (Å²) in [5.41, 5.74) is 5.64. The highest BCUT2D eigenvalue weighted by molar-refractivity contribution is 5.69. The zero-order valence-corrected chi connectivity index (χ0v) is 14.7. The summed E-state index contributed by atoms with van der Waals surface area (Å²) in [4.78, 5) is 4.86. The fourth-order valence-electron chi connectivity index (χ4n) is 4.15. The first-order chi connectivity index (χ1) is 11.7. The molecule has 2 aromatic rings. The van der Waals surface area contributed by atoms with E-state index in [1.165, 1.54) is 41.6 Å². The van der Waals surface area contributed by atoms with Gasteiger partial charge >= 0.3 is 0 Å². The summed E-state index contributed by atoms with van der Waals surface area (Å²) >= 11 is 0. The van der Waals surface area contributed by atoms with Crippen molar-refractivity contribution >= 4 is 11.3 Å². The van der Waals surface area contributed by atoms with Gasteiger partial charge in [-0.3, -0.25) is 4.90 Å². The van der Waals surface area contributed by atoms with Crippen LogP contribution in [0.2, 0.25) is 0 Å². The first-order valence-corrected chi connectivity index (χ1v) is 8.99. The van der Waals surface area contributed by atoms with Crippen molar-refractivity contribution in [1.82, 2.24) is 4.90 Å². The predicted octanol–water partition coefficient (Wildman–Crippen LogP) is 4.57. The first-order valence-electron chi connectivity index (χ1n) is 8.99. The highest BCUT2D eigenvalue weighted by atomic mass is 15.2. The summed E-state index contributed by atoms with van der Waals surface area (Å²) in [6.07, 6.45) is 6.34. The van der Waals surface area contributed by atoms with Gasteiger partial charge in [-0.15, -0.1) is 0 Å². The Balaban J connectivity index is 1.53. The van der Waals surface area contributed by atoms with Crippen LogP contribution in [0, 0.1) is 0 Å². The second kappa shape index (κ2) is 6.45. The van der Waals surface area contributed by atoms with Gasteiger partial charge < -0.3 is 4.90 Å². The average molecular weight is 318 g/mol. The largest absolute Gasteiger partial charge is 0.378 e. The van der Waals surface area contributed by atoms with Gasteiger partial charge in [-0.25, -0.2) is 0 Å². The monoisotopic (exact) mass is 318 g/mol. The summed E-state index contributed by atoms with van der Waals surface area (Å²) < 4.78 is 0. The normalized spacial score (nSPS) is 23.2. The van der Waals surface area contributed by atoms with E-state index in [1.807, 2.05) is 0 Å². The zero-order valence-electron chi connectivity index (χ0n) is 14.7. The molecule has 124 valence electrons. The number of hydrogen-bond acceptors (Lipinski definition) is 2. The van der Waals surface area contributed by atoms with Crippen molar-refractivity contribution in [2.24, 2.45) is 0 Å². The van der Waals surface area contributed by atoms with E-state index in [0.717, 1.165) is 6.54 Å². The molecule has 24 heavy (non-hydrogen) atoms. The highest BCUT2D eigenvalue weighted by Gasteiger charge is 2.36. The van der Waals surface area contributed by atoms with Crippen LogP contribution in [-0.2, 0) is 6.54 Å². The van der Waals surface area contributed by atoms with Gasteiger partial charge in [0.05, 0.1) is 0 Å². The summed E-state index contributed by atoms with van der Waals surface area (Å²) in [6, 6.07) is 21.2. The minimum atomic E-state index is 0.604. The molecular weight excluding hydrogens is 292 g/mol. The third-order valence-electron chi connectivity index (χ3n) is 5.50. The third-order valence-corrected chi connectivity index (χ3v) is 5.50. The van der Waals surface area contributed by atoms with E-state index in [-0.39, 0.29) is 0 Å². The molecule has 2 heteroatoms. The fourth-order valence-corrected chi connectivity index (χ4v) is 4.15. The van der Waals surface area contributed by atoms with E-state index in [4.69, 9.17) is 0 Å². The van der Waals surface area contributed by atoms with Crippen LogP contribution in [-0.4, -0.2) is 31.1 Å². The smallest absolute Gasteiger partial charge is 0.0361 e. The van der Waals surface area contributed by atoms with Crippen LogP contribution in [0.15, 0.2) is 60.7 Å². The topological polar surface area (TPSA) is 6.48 Å². The third kappa shape index (κ3) is 2.99. The van der Waals surface area contributed by atoms with Crippen molar-refractivity contribution in [2.75, 3.05) is 19.0 Å². The Morgan fingerprint density at radius 1 is 0.958 bits per heavy atom. The van der Waals surface area contributed by atoms with Crippen LogP contribution < -0.4 is 4.90 Å². The van der Waals surface area contributed by atoms with Crippen molar-refractivity contribution in [3.8, 4) is 0 Å². The Kier molecular flexibility index (Phi) is 4.15. The van der Waals surface area contributed by atoms with E-state index in [2.05, 4.69) is 84.6 Å². The molecule has 0 amide bonds. The Hall–Kier alpha value is -2.06. The van der Waals surface area contributed by atoms with E-state index in [0.29, 0.717) is 12.1 Å². The molecule has 2 nitrogen and oxygen atoms in total. The van der Waals surface area contributed by atoms with Crippen LogP contribution in [0.1, 0.15) is 30.4 Å². The number of anilines is 1. The van der Waals surface area contributed by atoms with Gasteiger partial charge in [0.15, 0.2) is 0 Å². The maximum absolute atomic E-state index is 2.70. The van der Waals surface area contributed by atoms with Crippen LogP contribution in [0.25, 0.3) is 5.57 Å². The van der Waals surface area contributed by atoms with Crippen LogP contribution in [0.3, 0.4) is 0 Å². The SMILES string of the molecule is CN(C)c1ccc(C2=CC3CCC(C2)N3Cc2ccccc2)cc1. The van der Waals surface area contributed by atoms with Gasteiger partial charge in [0, 0.05) is 38.4 Å². The van der Waals surface area contributed by atoms with E-state index in [9.17, 15) is 0 Å². The van der Waals surface area contributed by atoms with Crippen molar-refractivity contribution in [2.45, 2.75) is 37.9 Å². The average Bonchev–Trinajstić information content (AvgIpc) is 2.84. The molecule has 0 aromatic heterocycles. The molecule has 2 unspecified atom stereocenters. The second-order valence-corrected chi connectivity index (χ2v) is 7.29. The molecule has 0 aliphatic carbocycles. The fraction of sp³-hybridized carbons (Fsp3) is 0.364. The molecule has 1 saturated heterocycles. The van der Waals surface area contributed by atoms with Crippen molar-refractivity contribution in [1.29, 1.82) is 0 Å².